The van der Waals surface area contributed by atoms with Crippen molar-refractivity contribution in [1.29, 1.82) is 0 Å². The Morgan fingerprint density at radius 1 is 0.262 bits per heavy atom. The molecule has 0 atom stereocenters. The van der Waals surface area contributed by atoms with Crippen LogP contribution in [0.5, 0.6) is 0 Å². The highest BCUT2D eigenvalue weighted by Crippen LogP contribution is 2.39. The van der Waals surface area contributed by atoms with E-state index >= 15 is 0 Å². The SMILES string of the molecule is c1ccc(-c2cc(-c3ccccc3)cc(-c3ccc(-c4ccc(-c5cccc(-c6nc(-c7cccc(-c8ccccc8)c7)c7c(n6)oc6ccccc67)c5)cc4)cc3)c2)cc1. The summed E-state index contributed by atoms with van der Waals surface area (Å²) < 4.78 is 6.39. The van der Waals surface area contributed by atoms with Crippen molar-refractivity contribution in [2.45, 2.75) is 0 Å². The average molecular weight is 779 g/mol. The Labute approximate surface area is 354 Å². The number of rotatable bonds is 8. The Balaban J connectivity index is 0.906. The highest BCUT2D eigenvalue weighted by molar-refractivity contribution is 6.10. The van der Waals surface area contributed by atoms with E-state index in [0.717, 1.165) is 61.0 Å². The average Bonchev–Trinajstić information content (AvgIpc) is 3.73. The summed E-state index contributed by atoms with van der Waals surface area (Å²) in [6, 6.07) is 81.4. The molecule has 11 aromatic rings. The van der Waals surface area contributed by atoms with Crippen LogP contribution in [0, 0.1) is 0 Å². The van der Waals surface area contributed by atoms with Crippen LogP contribution in [0.4, 0.5) is 0 Å². The van der Waals surface area contributed by atoms with Crippen molar-refractivity contribution < 1.29 is 4.42 Å². The maximum Gasteiger partial charge on any atom is 0.231 e. The van der Waals surface area contributed by atoms with Crippen molar-refractivity contribution >= 4 is 22.1 Å². The molecule has 11 rings (SSSR count). The summed E-state index contributed by atoms with van der Waals surface area (Å²) in [6.07, 6.45) is 0. The van der Waals surface area contributed by atoms with Crippen LogP contribution in [0.2, 0.25) is 0 Å². The summed E-state index contributed by atoms with van der Waals surface area (Å²) in [5, 5.41) is 1.92. The fraction of sp³-hybridized carbons (Fsp3) is 0. The van der Waals surface area contributed by atoms with Crippen molar-refractivity contribution in [3.63, 3.8) is 0 Å². The number of para-hydroxylation sites is 1. The lowest BCUT2D eigenvalue weighted by Crippen LogP contribution is -1.94. The molecule has 0 N–H and O–H groups in total. The zero-order valence-electron chi connectivity index (χ0n) is 33.2. The maximum absolute atomic E-state index is 6.39. The van der Waals surface area contributed by atoms with Crippen LogP contribution in [0.1, 0.15) is 0 Å². The normalized spacial score (nSPS) is 11.3. The standard InChI is InChI=1S/C58H38N2O/c1-4-14-39(15-5-1)46-20-12-22-48(34-46)56-55-53-24-10-11-25-54(53)61-58(55)60-57(59-56)49-23-13-21-47(35-49)44-30-26-42(27-31-44)43-28-32-45(33-29-43)52-37-50(40-16-6-2-7-17-40)36-51(38-52)41-18-8-3-9-19-41/h1-38H. The van der Waals surface area contributed by atoms with Crippen LogP contribution in [0.3, 0.4) is 0 Å². The molecule has 0 fully saturated rings. The topological polar surface area (TPSA) is 38.9 Å². The van der Waals surface area contributed by atoms with Gasteiger partial charge in [-0.15, -0.1) is 0 Å². The molecule has 61 heavy (non-hydrogen) atoms. The molecule has 0 unspecified atom stereocenters. The summed E-state index contributed by atoms with van der Waals surface area (Å²) in [5.41, 5.74) is 18.2. The second-order valence-corrected chi connectivity index (χ2v) is 15.4. The van der Waals surface area contributed by atoms with Gasteiger partial charge in [-0.25, -0.2) is 4.98 Å². The molecule has 0 spiro atoms. The lowest BCUT2D eigenvalue weighted by Gasteiger charge is -2.12. The molecule has 2 aromatic heterocycles. The third kappa shape index (κ3) is 7.09. The monoisotopic (exact) mass is 778 g/mol. The molecule has 0 aliphatic carbocycles. The summed E-state index contributed by atoms with van der Waals surface area (Å²) in [5.74, 6) is 0.621. The van der Waals surface area contributed by atoms with E-state index in [1.807, 2.05) is 24.3 Å². The van der Waals surface area contributed by atoms with Gasteiger partial charge in [-0.1, -0.05) is 194 Å². The van der Waals surface area contributed by atoms with E-state index in [9.17, 15) is 0 Å². The molecule has 2 heterocycles. The first kappa shape index (κ1) is 36.0. The van der Waals surface area contributed by atoms with Gasteiger partial charge < -0.3 is 4.42 Å². The molecule has 0 radical (unpaired) electrons. The first-order chi connectivity index (χ1) is 30.2. The van der Waals surface area contributed by atoms with E-state index in [1.54, 1.807) is 0 Å². The van der Waals surface area contributed by atoms with Gasteiger partial charge in [-0.05, 0) is 103 Å². The number of aromatic nitrogens is 2. The Morgan fingerprint density at radius 3 is 1.16 bits per heavy atom. The number of hydrogen-bond acceptors (Lipinski definition) is 3. The summed E-state index contributed by atoms with van der Waals surface area (Å²) in [6.45, 7) is 0. The summed E-state index contributed by atoms with van der Waals surface area (Å²) in [7, 11) is 0. The molecule has 286 valence electrons. The molecular weight excluding hydrogens is 741 g/mol. The van der Waals surface area contributed by atoms with Crippen molar-refractivity contribution in [2.75, 3.05) is 0 Å². The van der Waals surface area contributed by atoms with Crippen LogP contribution in [0.15, 0.2) is 235 Å². The Bertz CT molecular complexity index is 3260. The lowest BCUT2D eigenvalue weighted by atomic mass is 9.92. The molecule has 0 amide bonds. The minimum absolute atomic E-state index is 0.577. The smallest absolute Gasteiger partial charge is 0.231 e. The predicted molar refractivity (Wildman–Crippen MR) is 253 cm³/mol. The first-order valence-electron chi connectivity index (χ1n) is 20.6. The quantitative estimate of drug-likeness (QED) is 0.154. The van der Waals surface area contributed by atoms with Crippen LogP contribution in [-0.2, 0) is 0 Å². The molecular formula is C58H38N2O. The Morgan fingerprint density at radius 2 is 0.623 bits per heavy atom. The Kier molecular flexibility index (Phi) is 9.18. The zero-order chi connectivity index (χ0) is 40.5. The lowest BCUT2D eigenvalue weighted by molar-refractivity contribution is 0.653. The second kappa shape index (κ2) is 15.6. The van der Waals surface area contributed by atoms with Crippen molar-refractivity contribution in [2.24, 2.45) is 0 Å². The molecule has 0 aliphatic rings. The predicted octanol–water partition coefficient (Wildman–Crippen LogP) is 15.7. The minimum atomic E-state index is 0.577. The van der Waals surface area contributed by atoms with Gasteiger partial charge in [0, 0.05) is 16.5 Å². The van der Waals surface area contributed by atoms with Gasteiger partial charge in [0.1, 0.15) is 5.58 Å². The van der Waals surface area contributed by atoms with Gasteiger partial charge in [0.2, 0.25) is 5.71 Å². The van der Waals surface area contributed by atoms with Crippen molar-refractivity contribution in [1.82, 2.24) is 9.97 Å². The van der Waals surface area contributed by atoms with E-state index in [2.05, 4.69) is 206 Å². The van der Waals surface area contributed by atoms with Gasteiger partial charge in [-0.3, -0.25) is 0 Å². The van der Waals surface area contributed by atoms with Crippen molar-refractivity contribution in [3.05, 3.63) is 231 Å². The number of fused-ring (bicyclic) bond motifs is 3. The number of furan rings is 1. The molecule has 0 bridgehead atoms. The minimum Gasteiger partial charge on any atom is -0.438 e. The largest absolute Gasteiger partial charge is 0.438 e. The van der Waals surface area contributed by atoms with Crippen LogP contribution in [0.25, 0.3) is 111 Å². The number of benzene rings is 9. The van der Waals surface area contributed by atoms with E-state index in [4.69, 9.17) is 14.4 Å². The van der Waals surface area contributed by atoms with E-state index in [-0.39, 0.29) is 0 Å². The first-order valence-corrected chi connectivity index (χ1v) is 20.6. The second-order valence-electron chi connectivity index (χ2n) is 15.4. The van der Waals surface area contributed by atoms with Gasteiger partial charge in [-0.2, -0.15) is 4.98 Å². The summed E-state index contributed by atoms with van der Waals surface area (Å²) in [4.78, 5) is 10.3. The van der Waals surface area contributed by atoms with Gasteiger partial charge in [0.25, 0.3) is 0 Å². The molecule has 9 aromatic carbocycles. The highest BCUT2D eigenvalue weighted by atomic mass is 16.3. The Hall–Kier alpha value is -8.14. The van der Waals surface area contributed by atoms with E-state index < -0.39 is 0 Å². The molecule has 0 saturated carbocycles. The van der Waals surface area contributed by atoms with E-state index in [0.29, 0.717) is 11.5 Å². The molecule has 3 heteroatoms. The van der Waals surface area contributed by atoms with E-state index in [1.165, 1.54) is 38.9 Å². The zero-order valence-corrected chi connectivity index (χ0v) is 33.2. The molecule has 0 saturated heterocycles. The fourth-order valence-corrected chi connectivity index (χ4v) is 8.37. The third-order valence-electron chi connectivity index (χ3n) is 11.5. The third-order valence-corrected chi connectivity index (χ3v) is 11.5. The molecule has 3 nitrogen and oxygen atoms in total. The van der Waals surface area contributed by atoms with Gasteiger partial charge in [0.05, 0.1) is 11.1 Å². The van der Waals surface area contributed by atoms with Crippen molar-refractivity contribution in [3.8, 4) is 89.4 Å². The maximum atomic E-state index is 6.39. The number of hydrogen-bond donors (Lipinski definition) is 0. The molecule has 0 aliphatic heterocycles. The highest BCUT2D eigenvalue weighted by Gasteiger charge is 2.19. The fourth-order valence-electron chi connectivity index (χ4n) is 8.37. The summed E-state index contributed by atoms with van der Waals surface area (Å²) >= 11 is 0. The van der Waals surface area contributed by atoms with Crippen LogP contribution in [-0.4, -0.2) is 9.97 Å². The van der Waals surface area contributed by atoms with Crippen LogP contribution < -0.4 is 0 Å². The van der Waals surface area contributed by atoms with Crippen LogP contribution >= 0.6 is 0 Å². The number of nitrogens with zero attached hydrogens (tertiary/aromatic N) is 2. The van der Waals surface area contributed by atoms with Gasteiger partial charge in [0.15, 0.2) is 5.82 Å². The van der Waals surface area contributed by atoms with Gasteiger partial charge >= 0.3 is 0 Å².